The minimum absolute atomic E-state index is 0.00906. The van der Waals surface area contributed by atoms with Crippen molar-refractivity contribution in [1.29, 1.82) is 0 Å². The molecule has 2 saturated carbocycles. The number of primary amides is 1. The maximum atomic E-state index is 13.7. The molecule has 1 aromatic heterocycles. The van der Waals surface area contributed by atoms with Crippen LogP contribution in [0.25, 0.3) is 0 Å². The van der Waals surface area contributed by atoms with E-state index in [4.69, 9.17) is 10.5 Å². The fourth-order valence-corrected chi connectivity index (χ4v) is 5.85. The summed E-state index contributed by atoms with van der Waals surface area (Å²) in [6, 6.07) is 2.38. The Labute approximate surface area is 163 Å². The summed E-state index contributed by atoms with van der Waals surface area (Å²) in [7, 11) is 0. The van der Waals surface area contributed by atoms with E-state index in [1.54, 1.807) is 11.3 Å². The average Bonchev–Trinajstić information content (AvgIpc) is 3.27. The van der Waals surface area contributed by atoms with Crippen LogP contribution in [0.4, 0.5) is 8.78 Å². The van der Waals surface area contributed by atoms with E-state index in [0.717, 1.165) is 43.9 Å². The molecule has 2 heterocycles. The number of halogens is 2. The van der Waals surface area contributed by atoms with Gasteiger partial charge in [-0.1, -0.05) is 0 Å². The van der Waals surface area contributed by atoms with E-state index < -0.39 is 5.92 Å². The fourth-order valence-electron chi connectivity index (χ4n) is 4.78. The highest BCUT2D eigenvalue weighted by Crippen LogP contribution is 2.50. The van der Waals surface area contributed by atoms with E-state index in [9.17, 15) is 13.6 Å². The molecular formula is C20H28F2N2O2S. The van der Waals surface area contributed by atoms with E-state index in [1.807, 2.05) is 11.4 Å². The smallest absolute Gasteiger partial charge is 0.249 e. The Hall–Kier alpha value is -1.05. The zero-order valence-electron chi connectivity index (χ0n) is 15.5. The first-order chi connectivity index (χ1) is 12.9. The molecule has 2 aliphatic carbocycles. The van der Waals surface area contributed by atoms with Gasteiger partial charge in [-0.2, -0.15) is 0 Å². The van der Waals surface area contributed by atoms with Crippen LogP contribution >= 0.6 is 11.3 Å². The summed E-state index contributed by atoms with van der Waals surface area (Å²) in [5.41, 5.74) is 6.16. The lowest BCUT2D eigenvalue weighted by molar-refractivity contribution is -0.0583. The third-order valence-corrected chi connectivity index (χ3v) is 7.49. The Morgan fingerprint density at radius 2 is 1.96 bits per heavy atom. The lowest BCUT2D eigenvalue weighted by atomic mass is 9.89. The number of thiophene rings is 1. The van der Waals surface area contributed by atoms with Crippen LogP contribution < -0.4 is 5.73 Å². The lowest BCUT2D eigenvalue weighted by Gasteiger charge is -2.39. The van der Waals surface area contributed by atoms with Gasteiger partial charge in [-0.05, 0) is 49.5 Å². The number of nitrogens with two attached hydrogens (primary N) is 1. The second kappa shape index (κ2) is 7.76. The highest BCUT2D eigenvalue weighted by molar-refractivity contribution is 7.10. The average molecular weight is 399 g/mol. The number of ether oxygens (including phenoxy) is 1. The molecule has 1 aromatic rings. The van der Waals surface area contributed by atoms with Crippen molar-refractivity contribution in [1.82, 2.24) is 4.90 Å². The summed E-state index contributed by atoms with van der Waals surface area (Å²) in [4.78, 5) is 15.3. The largest absolute Gasteiger partial charge is 0.381 e. The quantitative estimate of drug-likeness (QED) is 0.788. The highest BCUT2D eigenvalue weighted by Gasteiger charge is 2.49. The SMILES string of the molecule is NC(=O)c1ccsc1C1CC1N(CC1CCOCC1)C1CCC(F)(F)CC1. The molecule has 1 aliphatic heterocycles. The molecule has 0 spiro atoms. The molecule has 2 atom stereocenters. The van der Waals surface area contributed by atoms with Gasteiger partial charge in [-0.15, -0.1) is 11.3 Å². The van der Waals surface area contributed by atoms with Crippen LogP contribution in [0.15, 0.2) is 11.4 Å². The van der Waals surface area contributed by atoms with Crippen LogP contribution in [-0.4, -0.2) is 48.6 Å². The molecule has 4 rings (SSSR count). The van der Waals surface area contributed by atoms with E-state index in [0.29, 0.717) is 36.3 Å². The van der Waals surface area contributed by atoms with Crippen molar-refractivity contribution in [3.63, 3.8) is 0 Å². The Morgan fingerprint density at radius 1 is 1.26 bits per heavy atom. The molecule has 0 aromatic carbocycles. The molecule has 3 aliphatic rings. The Kier molecular flexibility index (Phi) is 5.54. The van der Waals surface area contributed by atoms with Crippen molar-refractivity contribution >= 4 is 17.2 Å². The second-order valence-corrected chi connectivity index (χ2v) is 9.26. The number of hydrogen-bond donors (Lipinski definition) is 1. The molecule has 3 fully saturated rings. The van der Waals surface area contributed by atoms with Gasteiger partial charge in [0.05, 0.1) is 5.56 Å². The third-order valence-electron chi connectivity index (χ3n) is 6.45. The van der Waals surface area contributed by atoms with E-state index >= 15 is 0 Å². The number of hydrogen-bond acceptors (Lipinski definition) is 4. The molecule has 7 heteroatoms. The van der Waals surface area contributed by atoms with E-state index in [1.165, 1.54) is 0 Å². The molecule has 0 radical (unpaired) electrons. The Bertz CT molecular complexity index is 665. The van der Waals surface area contributed by atoms with Gasteiger partial charge >= 0.3 is 0 Å². The monoisotopic (exact) mass is 398 g/mol. The van der Waals surface area contributed by atoms with Gasteiger partial charge in [0.1, 0.15) is 0 Å². The number of rotatable bonds is 6. The molecule has 150 valence electrons. The van der Waals surface area contributed by atoms with E-state index in [-0.39, 0.29) is 24.8 Å². The highest BCUT2D eigenvalue weighted by atomic mass is 32.1. The lowest BCUT2D eigenvalue weighted by Crippen LogP contribution is -2.45. The molecule has 0 bridgehead atoms. The molecule has 1 amide bonds. The number of carbonyl (C=O) groups is 1. The second-order valence-electron chi connectivity index (χ2n) is 8.31. The zero-order valence-corrected chi connectivity index (χ0v) is 16.4. The van der Waals surface area contributed by atoms with Gasteiger partial charge in [0, 0.05) is 55.5 Å². The van der Waals surface area contributed by atoms with Gasteiger partial charge in [-0.25, -0.2) is 8.78 Å². The predicted octanol–water partition coefficient (Wildman–Crippen LogP) is 4.01. The van der Waals surface area contributed by atoms with Crippen LogP contribution in [0.5, 0.6) is 0 Å². The van der Waals surface area contributed by atoms with Gasteiger partial charge in [0.2, 0.25) is 11.8 Å². The summed E-state index contributed by atoms with van der Waals surface area (Å²) in [6.45, 7) is 2.55. The van der Waals surface area contributed by atoms with Gasteiger partial charge in [0.25, 0.3) is 0 Å². The molecule has 2 unspecified atom stereocenters. The van der Waals surface area contributed by atoms with Crippen molar-refractivity contribution in [3.05, 3.63) is 21.9 Å². The topological polar surface area (TPSA) is 55.6 Å². The van der Waals surface area contributed by atoms with Crippen molar-refractivity contribution in [2.75, 3.05) is 19.8 Å². The maximum absolute atomic E-state index is 13.7. The van der Waals surface area contributed by atoms with Crippen molar-refractivity contribution in [2.24, 2.45) is 11.7 Å². The Balaban J connectivity index is 1.48. The van der Waals surface area contributed by atoms with Crippen LogP contribution in [0.3, 0.4) is 0 Å². The number of amides is 1. The van der Waals surface area contributed by atoms with Gasteiger partial charge < -0.3 is 10.5 Å². The summed E-state index contributed by atoms with van der Waals surface area (Å²) in [5.74, 6) is -1.99. The number of carbonyl (C=O) groups excluding carboxylic acids is 1. The standard InChI is InChI=1S/C20H28F2N2O2S/c21-20(22)6-1-14(2-7-20)24(12-13-3-8-26-9-4-13)17-11-16(17)18-15(19(23)25)5-10-27-18/h5,10,13-14,16-17H,1-4,6-9,11-12H2,(H2,23,25). The van der Waals surface area contributed by atoms with E-state index in [2.05, 4.69) is 4.90 Å². The summed E-state index contributed by atoms with van der Waals surface area (Å²) in [5, 5.41) is 1.93. The normalized spacial score (nSPS) is 29.1. The summed E-state index contributed by atoms with van der Waals surface area (Å²) in [6.07, 6.45) is 4.19. The molecule has 27 heavy (non-hydrogen) atoms. The minimum atomic E-state index is -2.50. The third kappa shape index (κ3) is 4.35. The van der Waals surface area contributed by atoms with Crippen LogP contribution in [0.2, 0.25) is 0 Å². The molecule has 1 saturated heterocycles. The number of nitrogens with zero attached hydrogens (tertiary/aromatic N) is 1. The molecule has 2 N–H and O–H groups in total. The van der Waals surface area contributed by atoms with Crippen molar-refractivity contribution in [3.8, 4) is 0 Å². The first-order valence-electron chi connectivity index (χ1n) is 10.0. The van der Waals surface area contributed by atoms with Gasteiger partial charge in [-0.3, -0.25) is 9.69 Å². The zero-order chi connectivity index (χ0) is 19.0. The summed E-state index contributed by atoms with van der Waals surface area (Å²) < 4.78 is 32.8. The van der Waals surface area contributed by atoms with Crippen LogP contribution in [0.1, 0.15) is 66.1 Å². The first-order valence-corrected chi connectivity index (χ1v) is 10.9. The number of alkyl halides is 2. The first kappa shape index (κ1) is 19.3. The molecule has 4 nitrogen and oxygen atoms in total. The Morgan fingerprint density at radius 3 is 2.63 bits per heavy atom. The minimum Gasteiger partial charge on any atom is -0.381 e. The fraction of sp³-hybridized carbons (Fsp3) is 0.750. The molecular weight excluding hydrogens is 370 g/mol. The van der Waals surface area contributed by atoms with Crippen molar-refractivity contribution < 1.29 is 18.3 Å². The maximum Gasteiger partial charge on any atom is 0.249 e. The van der Waals surface area contributed by atoms with Crippen LogP contribution in [-0.2, 0) is 4.74 Å². The summed E-state index contributed by atoms with van der Waals surface area (Å²) >= 11 is 1.59. The van der Waals surface area contributed by atoms with Crippen LogP contribution in [0, 0.1) is 5.92 Å². The predicted molar refractivity (Wildman–Crippen MR) is 101 cm³/mol. The van der Waals surface area contributed by atoms with Gasteiger partial charge in [0.15, 0.2) is 0 Å². The van der Waals surface area contributed by atoms with Crippen molar-refractivity contribution in [2.45, 2.75) is 68.9 Å².